The molecular formula is C21H33N3O. The number of hydrogen-bond acceptors (Lipinski definition) is 3. The Bertz CT molecular complexity index is 560. The third kappa shape index (κ3) is 5.05. The van der Waals surface area contributed by atoms with Crippen LogP contribution in [-0.2, 0) is 17.9 Å². The largest absolute Gasteiger partial charge is 0.352 e. The third-order valence-electron chi connectivity index (χ3n) is 6.07. The lowest BCUT2D eigenvalue weighted by molar-refractivity contribution is -0.124. The second-order valence-electron chi connectivity index (χ2n) is 7.97. The maximum atomic E-state index is 12.5. The fraction of sp³-hybridized carbons (Fsp3) is 0.667. The van der Waals surface area contributed by atoms with Crippen LogP contribution in [0.4, 0.5) is 0 Å². The van der Waals surface area contributed by atoms with Gasteiger partial charge in [0.15, 0.2) is 0 Å². The molecule has 0 atom stereocenters. The molecule has 25 heavy (non-hydrogen) atoms. The molecular weight excluding hydrogens is 310 g/mol. The Morgan fingerprint density at radius 1 is 1.04 bits per heavy atom. The van der Waals surface area contributed by atoms with Crippen molar-refractivity contribution < 1.29 is 4.79 Å². The lowest BCUT2D eigenvalue weighted by atomic mass is 9.71. The zero-order valence-electron chi connectivity index (χ0n) is 15.4. The molecule has 2 aliphatic rings. The summed E-state index contributed by atoms with van der Waals surface area (Å²) < 4.78 is 0. The summed E-state index contributed by atoms with van der Waals surface area (Å²) in [5.74, 6) is 0.156. The molecule has 0 bridgehead atoms. The Kier molecular flexibility index (Phi) is 6.49. The monoisotopic (exact) mass is 343 g/mol. The molecule has 4 nitrogen and oxygen atoms in total. The average Bonchev–Trinajstić information content (AvgIpc) is 3.15. The first-order valence-electron chi connectivity index (χ1n) is 9.97. The van der Waals surface area contributed by atoms with E-state index >= 15 is 0 Å². The molecule has 1 saturated heterocycles. The summed E-state index contributed by atoms with van der Waals surface area (Å²) in [4.78, 5) is 15.0. The van der Waals surface area contributed by atoms with Crippen molar-refractivity contribution in [3.63, 3.8) is 0 Å². The molecule has 0 spiro atoms. The smallest absolute Gasteiger partial charge is 0.220 e. The summed E-state index contributed by atoms with van der Waals surface area (Å²) in [6, 6.07) is 8.51. The predicted octanol–water partition coefficient (Wildman–Crippen LogP) is 3.20. The van der Waals surface area contributed by atoms with Gasteiger partial charge in [-0.2, -0.15) is 0 Å². The van der Waals surface area contributed by atoms with Gasteiger partial charge in [-0.25, -0.2) is 0 Å². The van der Waals surface area contributed by atoms with E-state index in [9.17, 15) is 4.79 Å². The topological polar surface area (TPSA) is 58.4 Å². The average molecular weight is 344 g/mol. The second-order valence-corrected chi connectivity index (χ2v) is 7.97. The first-order valence-corrected chi connectivity index (χ1v) is 9.97. The Balaban J connectivity index is 1.54. The summed E-state index contributed by atoms with van der Waals surface area (Å²) in [5, 5.41) is 3.16. The summed E-state index contributed by atoms with van der Waals surface area (Å²) in [7, 11) is 0. The summed E-state index contributed by atoms with van der Waals surface area (Å²) >= 11 is 0. The highest BCUT2D eigenvalue weighted by molar-refractivity contribution is 5.76. The van der Waals surface area contributed by atoms with Crippen molar-refractivity contribution in [1.29, 1.82) is 0 Å². The predicted molar refractivity (Wildman–Crippen MR) is 102 cm³/mol. The van der Waals surface area contributed by atoms with Gasteiger partial charge < -0.3 is 11.1 Å². The van der Waals surface area contributed by atoms with E-state index in [0.717, 1.165) is 19.4 Å². The zero-order chi connectivity index (χ0) is 17.5. The van der Waals surface area contributed by atoms with Crippen LogP contribution >= 0.6 is 0 Å². The molecule has 3 N–H and O–H groups in total. The van der Waals surface area contributed by atoms with Crippen LogP contribution < -0.4 is 11.1 Å². The van der Waals surface area contributed by atoms with Crippen LogP contribution in [0.1, 0.15) is 62.5 Å². The third-order valence-corrected chi connectivity index (χ3v) is 6.07. The molecule has 0 unspecified atom stereocenters. The SMILES string of the molecule is NCC1(CC(=O)NCc2ccccc2CN2CCCC2)CCCCC1. The minimum absolute atomic E-state index is 0.0391. The van der Waals surface area contributed by atoms with Gasteiger partial charge >= 0.3 is 0 Å². The van der Waals surface area contributed by atoms with Crippen LogP contribution in [0.15, 0.2) is 24.3 Å². The zero-order valence-corrected chi connectivity index (χ0v) is 15.4. The van der Waals surface area contributed by atoms with E-state index in [2.05, 4.69) is 34.5 Å². The van der Waals surface area contributed by atoms with Crippen molar-refractivity contribution in [2.24, 2.45) is 11.1 Å². The van der Waals surface area contributed by atoms with Crippen molar-refractivity contribution in [2.45, 2.75) is 64.5 Å². The van der Waals surface area contributed by atoms with Crippen molar-refractivity contribution >= 4 is 5.91 Å². The molecule has 1 heterocycles. The van der Waals surface area contributed by atoms with Crippen LogP contribution in [0.5, 0.6) is 0 Å². The van der Waals surface area contributed by atoms with Gasteiger partial charge in [-0.15, -0.1) is 0 Å². The van der Waals surface area contributed by atoms with Crippen LogP contribution in [0.25, 0.3) is 0 Å². The molecule has 1 aliphatic heterocycles. The van der Waals surface area contributed by atoms with Crippen molar-refractivity contribution in [3.8, 4) is 0 Å². The fourth-order valence-corrected chi connectivity index (χ4v) is 4.42. The van der Waals surface area contributed by atoms with Crippen LogP contribution in [0, 0.1) is 5.41 Å². The maximum absolute atomic E-state index is 12.5. The molecule has 2 fully saturated rings. The van der Waals surface area contributed by atoms with Gasteiger partial charge in [0.25, 0.3) is 0 Å². The Labute approximate surface area is 152 Å². The molecule has 0 radical (unpaired) electrons. The molecule has 4 heteroatoms. The van der Waals surface area contributed by atoms with Gasteiger partial charge in [0.1, 0.15) is 0 Å². The number of benzene rings is 1. The number of nitrogens with two attached hydrogens (primary N) is 1. The first kappa shape index (κ1) is 18.4. The second kappa shape index (κ2) is 8.81. The highest BCUT2D eigenvalue weighted by Gasteiger charge is 2.32. The van der Waals surface area contributed by atoms with Crippen molar-refractivity contribution in [3.05, 3.63) is 35.4 Å². The van der Waals surface area contributed by atoms with Gasteiger partial charge in [0, 0.05) is 19.5 Å². The van der Waals surface area contributed by atoms with Crippen molar-refractivity contribution in [2.75, 3.05) is 19.6 Å². The standard InChI is InChI=1S/C21H33N3O/c22-17-21(10-4-1-5-11-21)14-20(25)23-15-18-8-2-3-9-19(18)16-24-12-6-7-13-24/h2-3,8-9H,1,4-7,10-17,22H2,(H,23,25). The van der Waals surface area contributed by atoms with Crippen LogP contribution in [0.2, 0.25) is 0 Å². The number of hydrogen-bond donors (Lipinski definition) is 2. The number of amides is 1. The Morgan fingerprint density at radius 2 is 1.72 bits per heavy atom. The molecule has 1 saturated carbocycles. The lowest BCUT2D eigenvalue weighted by Gasteiger charge is -2.35. The van der Waals surface area contributed by atoms with E-state index < -0.39 is 0 Å². The highest BCUT2D eigenvalue weighted by Crippen LogP contribution is 2.38. The molecule has 1 aromatic carbocycles. The number of rotatable bonds is 7. The maximum Gasteiger partial charge on any atom is 0.220 e. The summed E-state index contributed by atoms with van der Waals surface area (Å²) in [6.45, 7) is 4.65. The quantitative estimate of drug-likeness (QED) is 0.799. The molecule has 3 rings (SSSR count). The van der Waals surface area contributed by atoms with Gasteiger partial charge in [0.2, 0.25) is 5.91 Å². The number of likely N-dealkylation sites (tertiary alicyclic amines) is 1. The molecule has 138 valence electrons. The number of carbonyl (C=O) groups excluding carboxylic acids is 1. The minimum atomic E-state index is 0.0391. The molecule has 0 aromatic heterocycles. The van der Waals surface area contributed by atoms with E-state index in [4.69, 9.17) is 5.73 Å². The van der Waals surface area contributed by atoms with Crippen molar-refractivity contribution in [1.82, 2.24) is 10.2 Å². The van der Waals surface area contributed by atoms with E-state index in [1.807, 2.05) is 0 Å². The Morgan fingerprint density at radius 3 is 2.40 bits per heavy atom. The number of nitrogens with zero attached hydrogens (tertiary/aromatic N) is 1. The normalized spacial score (nSPS) is 20.5. The van der Waals surface area contributed by atoms with Crippen LogP contribution in [0.3, 0.4) is 0 Å². The summed E-state index contributed by atoms with van der Waals surface area (Å²) in [5.41, 5.74) is 8.65. The molecule has 1 aliphatic carbocycles. The molecule has 1 aromatic rings. The number of nitrogens with one attached hydrogen (secondary N) is 1. The van der Waals surface area contributed by atoms with Gasteiger partial charge in [-0.3, -0.25) is 9.69 Å². The lowest BCUT2D eigenvalue weighted by Crippen LogP contribution is -2.38. The van der Waals surface area contributed by atoms with Gasteiger partial charge in [-0.05, 0) is 61.9 Å². The Hall–Kier alpha value is -1.39. The van der Waals surface area contributed by atoms with E-state index in [-0.39, 0.29) is 11.3 Å². The highest BCUT2D eigenvalue weighted by atomic mass is 16.1. The first-order chi connectivity index (χ1) is 12.2. The van der Waals surface area contributed by atoms with Crippen LogP contribution in [-0.4, -0.2) is 30.4 Å². The molecule has 1 amide bonds. The minimum Gasteiger partial charge on any atom is -0.352 e. The fourth-order valence-electron chi connectivity index (χ4n) is 4.42. The van der Waals surface area contributed by atoms with Gasteiger partial charge in [0.05, 0.1) is 0 Å². The van der Waals surface area contributed by atoms with E-state index in [0.29, 0.717) is 19.5 Å². The van der Waals surface area contributed by atoms with Gasteiger partial charge in [-0.1, -0.05) is 43.5 Å². The van der Waals surface area contributed by atoms with E-state index in [1.165, 1.54) is 56.3 Å². The number of carbonyl (C=O) groups is 1. The van der Waals surface area contributed by atoms with E-state index in [1.54, 1.807) is 0 Å². The summed E-state index contributed by atoms with van der Waals surface area (Å²) in [6.07, 6.45) is 9.10.